The number of nitrogens with zero attached hydrogens (tertiary/aromatic N) is 1. The Balaban J connectivity index is 1.53. The third-order valence-electron chi connectivity index (χ3n) is 5.68. The number of anilines is 1. The molecule has 2 aromatic rings. The van der Waals surface area contributed by atoms with E-state index in [0.717, 1.165) is 16.9 Å². The lowest BCUT2D eigenvalue weighted by atomic mass is 9.84. The summed E-state index contributed by atoms with van der Waals surface area (Å²) in [7, 11) is 1.60. The normalized spacial score (nSPS) is 17.9. The van der Waals surface area contributed by atoms with E-state index in [1.165, 1.54) is 0 Å². The van der Waals surface area contributed by atoms with Gasteiger partial charge in [-0.25, -0.2) is 0 Å². The molecule has 6 heteroatoms. The quantitative estimate of drug-likeness (QED) is 0.865. The van der Waals surface area contributed by atoms with Crippen LogP contribution in [0.5, 0.6) is 5.75 Å². The van der Waals surface area contributed by atoms with Crippen molar-refractivity contribution in [2.45, 2.75) is 31.3 Å². The minimum absolute atomic E-state index is 0.00903. The van der Waals surface area contributed by atoms with Gasteiger partial charge in [0, 0.05) is 31.0 Å². The first-order chi connectivity index (χ1) is 13.6. The summed E-state index contributed by atoms with van der Waals surface area (Å²) in [6.07, 6.45) is 1.56. The average molecular weight is 380 g/mol. The first kappa shape index (κ1) is 18.5. The van der Waals surface area contributed by atoms with Crippen LogP contribution in [0, 0.1) is 0 Å². The lowest BCUT2D eigenvalue weighted by Gasteiger charge is -2.44. The van der Waals surface area contributed by atoms with Crippen LogP contribution in [-0.4, -0.2) is 42.6 Å². The lowest BCUT2D eigenvalue weighted by Crippen LogP contribution is -2.54. The third kappa shape index (κ3) is 3.47. The van der Waals surface area contributed by atoms with Gasteiger partial charge in [0.2, 0.25) is 5.91 Å². The maximum atomic E-state index is 13.1. The van der Waals surface area contributed by atoms with Crippen molar-refractivity contribution in [3.05, 3.63) is 59.7 Å². The van der Waals surface area contributed by atoms with Gasteiger partial charge in [0.05, 0.1) is 19.1 Å². The number of benzene rings is 2. The predicted octanol–water partition coefficient (Wildman–Crippen LogP) is 3.23. The summed E-state index contributed by atoms with van der Waals surface area (Å²) in [4.78, 5) is 27.8. The summed E-state index contributed by atoms with van der Waals surface area (Å²) in [6.45, 7) is 1.65. The Hall–Kier alpha value is -2.86. The van der Waals surface area contributed by atoms with E-state index in [0.29, 0.717) is 38.3 Å². The number of fused-ring (bicyclic) bond motifs is 1. The largest absolute Gasteiger partial charge is 0.497 e. The van der Waals surface area contributed by atoms with Gasteiger partial charge in [-0.05, 0) is 48.7 Å². The van der Waals surface area contributed by atoms with E-state index in [1.807, 2.05) is 41.3 Å². The van der Waals surface area contributed by atoms with E-state index in [9.17, 15) is 9.59 Å². The second kappa shape index (κ2) is 7.64. The van der Waals surface area contributed by atoms with Crippen molar-refractivity contribution >= 4 is 17.5 Å². The number of amides is 2. The molecule has 2 aliphatic rings. The summed E-state index contributed by atoms with van der Waals surface area (Å²) in [6, 6.07) is 14.9. The molecule has 0 spiro atoms. The number of methoxy groups -OCH3 is 1. The van der Waals surface area contributed by atoms with Crippen molar-refractivity contribution in [3.8, 4) is 5.75 Å². The van der Waals surface area contributed by atoms with Crippen molar-refractivity contribution in [3.63, 3.8) is 0 Å². The summed E-state index contributed by atoms with van der Waals surface area (Å²) in [5.41, 5.74) is 1.95. The second-order valence-electron chi connectivity index (χ2n) is 7.34. The highest BCUT2D eigenvalue weighted by Crippen LogP contribution is 2.38. The fourth-order valence-corrected chi connectivity index (χ4v) is 4.11. The molecule has 2 aromatic carbocycles. The molecule has 1 saturated heterocycles. The Morgan fingerprint density at radius 2 is 1.86 bits per heavy atom. The van der Waals surface area contributed by atoms with Gasteiger partial charge in [-0.2, -0.15) is 0 Å². The minimum Gasteiger partial charge on any atom is -0.497 e. The van der Waals surface area contributed by atoms with Crippen LogP contribution in [0.4, 0.5) is 5.69 Å². The fraction of sp³-hybridized carbons (Fsp3) is 0.364. The summed E-state index contributed by atoms with van der Waals surface area (Å²) >= 11 is 0. The van der Waals surface area contributed by atoms with Crippen LogP contribution in [0.1, 0.15) is 35.2 Å². The molecule has 146 valence electrons. The predicted molar refractivity (Wildman–Crippen MR) is 105 cm³/mol. The highest BCUT2D eigenvalue weighted by molar-refractivity contribution is 5.99. The van der Waals surface area contributed by atoms with E-state index in [2.05, 4.69) is 5.32 Å². The number of ether oxygens (including phenoxy) is 2. The summed E-state index contributed by atoms with van der Waals surface area (Å²) in [5, 5.41) is 2.95. The van der Waals surface area contributed by atoms with Crippen LogP contribution in [-0.2, 0) is 16.1 Å². The zero-order valence-corrected chi connectivity index (χ0v) is 15.9. The number of hydrogen-bond donors (Lipinski definition) is 1. The van der Waals surface area contributed by atoms with E-state index in [4.69, 9.17) is 9.47 Å². The first-order valence-corrected chi connectivity index (χ1v) is 9.53. The topological polar surface area (TPSA) is 67.9 Å². The monoisotopic (exact) mass is 380 g/mol. The smallest absolute Gasteiger partial charge is 0.254 e. The molecule has 2 heterocycles. The number of hydrogen-bond acceptors (Lipinski definition) is 4. The molecular weight excluding hydrogens is 356 g/mol. The Morgan fingerprint density at radius 3 is 2.54 bits per heavy atom. The molecule has 6 nitrogen and oxygen atoms in total. The van der Waals surface area contributed by atoms with Gasteiger partial charge >= 0.3 is 0 Å². The molecule has 0 saturated carbocycles. The van der Waals surface area contributed by atoms with Gasteiger partial charge < -0.3 is 19.7 Å². The molecule has 0 bridgehead atoms. The minimum atomic E-state index is -0.523. The Bertz CT molecular complexity index is 872. The second-order valence-corrected chi connectivity index (χ2v) is 7.34. The van der Waals surface area contributed by atoms with E-state index in [1.54, 1.807) is 19.2 Å². The Kier molecular flexibility index (Phi) is 5.05. The number of carbonyl (C=O) groups excluding carboxylic acids is 2. The van der Waals surface area contributed by atoms with Gasteiger partial charge in [-0.15, -0.1) is 0 Å². The summed E-state index contributed by atoms with van der Waals surface area (Å²) < 4.78 is 10.7. The lowest BCUT2D eigenvalue weighted by molar-refractivity contribution is -0.120. The molecule has 2 aliphatic heterocycles. The Morgan fingerprint density at radius 1 is 1.14 bits per heavy atom. The van der Waals surface area contributed by atoms with Crippen LogP contribution >= 0.6 is 0 Å². The van der Waals surface area contributed by atoms with Crippen LogP contribution < -0.4 is 10.1 Å². The molecule has 0 atom stereocenters. The molecule has 28 heavy (non-hydrogen) atoms. The maximum Gasteiger partial charge on any atom is 0.254 e. The van der Waals surface area contributed by atoms with Crippen molar-refractivity contribution in [1.29, 1.82) is 0 Å². The molecule has 0 radical (unpaired) electrons. The standard InChI is InChI=1S/C22H24N2O4/c1-27-18-8-6-17(7-9-18)23-20(25)14-22(10-12-28-13-11-22)24-15-16-4-2-3-5-19(16)21(24)26/h2-9H,10-15H2,1H3,(H,23,25). The van der Waals surface area contributed by atoms with E-state index >= 15 is 0 Å². The zero-order valence-electron chi connectivity index (χ0n) is 15.9. The number of nitrogens with one attached hydrogen (secondary N) is 1. The molecule has 0 unspecified atom stereocenters. The SMILES string of the molecule is COc1ccc(NC(=O)CC2(N3Cc4ccccc4C3=O)CCOCC2)cc1. The zero-order chi connectivity index (χ0) is 19.6. The van der Waals surface area contributed by atoms with Gasteiger partial charge in [-0.1, -0.05) is 18.2 Å². The number of rotatable bonds is 5. The molecule has 0 aromatic heterocycles. The van der Waals surface area contributed by atoms with Gasteiger partial charge in [-0.3, -0.25) is 9.59 Å². The molecule has 0 aliphatic carbocycles. The molecule has 2 amide bonds. The van der Waals surface area contributed by atoms with Gasteiger partial charge in [0.15, 0.2) is 0 Å². The van der Waals surface area contributed by atoms with E-state index in [-0.39, 0.29) is 18.2 Å². The van der Waals surface area contributed by atoms with Gasteiger partial charge in [0.25, 0.3) is 5.91 Å². The van der Waals surface area contributed by atoms with Gasteiger partial charge in [0.1, 0.15) is 5.75 Å². The van der Waals surface area contributed by atoms with Crippen LogP contribution in [0.3, 0.4) is 0 Å². The first-order valence-electron chi connectivity index (χ1n) is 9.53. The highest BCUT2D eigenvalue weighted by Gasteiger charge is 2.46. The van der Waals surface area contributed by atoms with Crippen molar-refractivity contribution in [2.75, 3.05) is 25.6 Å². The Labute approximate surface area is 164 Å². The van der Waals surface area contributed by atoms with Crippen molar-refractivity contribution < 1.29 is 19.1 Å². The molecule has 1 fully saturated rings. The van der Waals surface area contributed by atoms with Crippen LogP contribution in [0.25, 0.3) is 0 Å². The highest BCUT2D eigenvalue weighted by atomic mass is 16.5. The van der Waals surface area contributed by atoms with Crippen molar-refractivity contribution in [1.82, 2.24) is 4.90 Å². The molecule has 1 N–H and O–H groups in total. The maximum absolute atomic E-state index is 13.1. The third-order valence-corrected chi connectivity index (χ3v) is 5.68. The average Bonchev–Trinajstić information content (AvgIpc) is 3.07. The van der Waals surface area contributed by atoms with E-state index < -0.39 is 5.54 Å². The van der Waals surface area contributed by atoms with Crippen molar-refractivity contribution in [2.24, 2.45) is 0 Å². The fourth-order valence-electron chi connectivity index (χ4n) is 4.11. The molecular formula is C22H24N2O4. The van der Waals surface area contributed by atoms with Crippen LogP contribution in [0.2, 0.25) is 0 Å². The summed E-state index contributed by atoms with van der Waals surface area (Å²) in [5.74, 6) is 0.643. The molecule has 4 rings (SSSR count). The number of carbonyl (C=O) groups is 2. The van der Waals surface area contributed by atoms with Crippen LogP contribution in [0.15, 0.2) is 48.5 Å².